The number of nitrogens with two attached hydrogens (primary N) is 1. The van der Waals surface area contributed by atoms with Crippen LogP contribution in [-0.2, 0) is 13.0 Å². The van der Waals surface area contributed by atoms with Gasteiger partial charge in [0.05, 0.1) is 0 Å². The number of fused-ring (bicyclic) bond motifs is 1. The number of aryl methyl sites for hydroxylation is 1. The molecule has 2 N–H and O–H groups in total. The largest absolute Gasteiger partial charge is 0.326 e. The number of benzene rings is 2. The monoisotopic (exact) mass is 333 g/mol. The lowest BCUT2D eigenvalue weighted by Gasteiger charge is -2.11. The molecule has 0 amide bonds. The van der Waals surface area contributed by atoms with Crippen molar-refractivity contribution in [1.29, 1.82) is 0 Å². The summed E-state index contributed by atoms with van der Waals surface area (Å²) in [6.07, 6.45) is 12.2. The zero-order valence-corrected chi connectivity index (χ0v) is 15.3. The van der Waals surface area contributed by atoms with Crippen LogP contribution in [0.1, 0.15) is 69.4 Å². The molecule has 0 aliphatic carbocycles. The van der Waals surface area contributed by atoms with Gasteiger partial charge < -0.3 is 5.73 Å². The van der Waals surface area contributed by atoms with E-state index in [0.717, 1.165) is 0 Å². The molecular formula is C21H32ClN. The molecule has 0 saturated carbocycles. The first-order chi connectivity index (χ1) is 10.9. The molecule has 0 aromatic heterocycles. The molecule has 0 spiro atoms. The summed E-state index contributed by atoms with van der Waals surface area (Å²) in [6.45, 7) is 2.92. The summed E-state index contributed by atoms with van der Waals surface area (Å²) >= 11 is 0. The van der Waals surface area contributed by atoms with Crippen molar-refractivity contribution in [3.05, 3.63) is 47.5 Å². The summed E-state index contributed by atoms with van der Waals surface area (Å²) in [5.74, 6) is 0. The SMILES string of the molecule is CCCCCCCCCCc1ccc2ccccc2c1CN.Cl. The smallest absolute Gasteiger partial charge is 0.0187 e. The van der Waals surface area contributed by atoms with Gasteiger partial charge in [-0.25, -0.2) is 0 Å². The third kappa shape index (κ3) is 6.16. The Morgan fingerprint density at radius 1 is 0.783 bits per heavy atom. The minimum atomic E-state index is 0. The number of halogens is 1. The molecule has 2 rings (SSSR count). The molecule has 2 aromatic carbocycles. The van der Waals surface area contributed by atoms with Gasteiger partial charge in [0.15, 0.2) is 0 Å². The molecule has 2 heteroatoms. The van der Waals surface area contributed by atoms with Crippen molar-refractivity contribution in [2.75, 3.05) is 0 Å². The van der Waals surface area contributed by atoms with E-state index in [9.17, 15) is 0 Å². The predicted molar refractivity (Wildman–Crippen MR) is 105 cm³/mol. The highest BCUT2D eigenvalue weighted by Crippen LogP contribution is 2.24. The van der Waals surface area contributed by atoms with Crippen molar-refractivity contribution in [2.24, 2.45) is 5.73 Å². The van der Waals surface area contributed by atoms with Crippen molar-refractivity contribution in [3.63, 3.8) is 0 Å². The molecule has 128 valence electrons. The summed E-state index contributed by atoms with van der Waals surface area (Å²) < 4.78 is 0. The van der Waals surface area contributed by atoms with Gasteiger partial charge in [-0.3, -0.25) is 0 Å². The Hall–Kier alpha value is -1.05. The molecular weight excluding hydrogens is 302 g/mol. The van der Waals surface area contributed by atoms with Crippen molar-refractivity contribution in [2.45, 2.75) is 71.3 Å². The predicted octanol–water partition coefficient (Wildman–Crippen LogP) is 6.40. The molecule has 0 unspecified atom stereocenters. The van der Waals surface area contributed by atoms with Gasteiger partial charge in [-0.2, -0.15) is 0 Å². The van der Waals surface area contributed by atoms with Crippen LogP contribution in [0.25, 0.3) is 10.8 Å². The van der Waals surface area contributed by atoms with Gasteiger partial charge in [0.25, 0.3) is 0 Å². The number of rotatable bonds is 10. The van der Waals surface area contributed by atoms with E-state index in [1.807, 2.05) is 0 Å². The summed E-state index contributed by atoms with van der Waals surface area (Å²) in [5.41, 5.74) is 8.81. The van der Waals surface area contributed by atoms with Gasteiger partial charge in [0, 0.05) is 6.54 Å². The van der Waals surface area contributed by atoms with E-state index in [1.165, 1.54) is 79.7 Å². The Bertz CT molecular complexity index is 565. The zero-order valence-electron chi connectivity index (χ0n) is 14.5. The fourth-order valence-electron chi connectivity index (χ4n) is 3.31. The highest BCUT2D eigenvalue weighted by Gasteiger charge is 2.05. The van der Waals surface area contributed by atoms with Crippen molar-refractivity contribution < 1.29 is 0 Å². The first-order valence-corrected chi connectivity index (χ1v) is 9.06. The Labute approximate surface area is 148 Å². The molecule has 0 aliphatic rings. The maximum Gasteiger partial charge on any atom is 0.0187 e. The van der Waals surface area contributed by atoms with Crippen LogP contribution in [0.3, 0.4) is 0 Å². The fourth-order valence-corrected chi connectivity index (χ4v) is 3.31. The van der Waals surface area contributed by atoms with E-state index >= 15 is 0 Å². The van der Waals surface area contributed by atoms with Crippen LogP contribution in [0.4, 0.5) is 0 Å². The van der Waals surface area contributed by atoms with Crippen LogP contribution in [0.5, 0.6) is 0 Å². The Kier molecular flexibility index (Phi) is 9.98. The Balaban J connectivity index is 0.00000264. The van der Waals surface area contributed by atoms with E-state index < -0.39 is 0 Å². The molecule has 0 radical (unpaired) electrons. The van der Waals surface area contributed by atoms with Crippen molar-refractivity contribution in [1.82, 2.24) is 0 Å². The molecule has 0 saturated heterocycles. The maximum absolute atomic E-state index is 6.02. The second-order valence-corrected chi connectivity index (χ2v) is 6.35. The molecule has 0 aliphatic heterocycles. The molecule has 2 aromatic rings. The summed E-state index contributed by atoms with van der Waals surface area (Å²) in [4.78, 5) is 0. The highest BCUT2D eigenvalue weighted by atomic mass is 35.5. The molecule has 0 bridgehead atoms. The average molecular weight is 334 g/mol. The highest BCUT2D eigenvalue weighted by molar-refractivity contribution is 5.86. The molecule has 0 fully saturated rings. The standard InChI is InChI=1S/C21H31N.ClH/c1-2-3-4-5-6-7-8-9-12-19-16-15-18-13-10-11-14-20(18)21(19)17-22;/h10-11,13-16H,2-9,12,17,22H2,1H3;1H. The lowest BCUT2D eigenvalue weighted by molar-refractivity contribution is 0.575. The van der Waals surface area contributed by atoms with Crippen LogP contribution in [0.2, 0.25) is 0 Å². The lowest BCUT2D eigenvalue weighted by Crippen LogP contribution is -2.03. The van der Waals surface area contributed by atoms with E-state index in [-0.39, 0.29) is 12.4 Å². The number of hydrogen-bond acceptors (Lipinski definition) is 1. The lowest BCUT2D eigenvalue weighted by atomic mass is 9.95. The zero-order chi connectivity index (χ0) is 15.6. The van der Waals surface area contributed by atoms with Gasteiger partial charge >= 0.3 is 0 Å². The second kappa shape index (κ2) is 11.5. The third-order valence-corrected chi connectivity index (χ3v) is 4.64. The normalized spacial score (nSPS) is 10.7. The van der Waals surface area contributed by atoms with E-state index in [4.69, 9.17) is 5.73 Å². The second-order valence-electron chi connectivity index (χ2n) is 6.35. The van der Waals surface area contributed by atoms with Crippen LogP contribution < -0.4 is 5.73 Å². The minimum Gasteiger partial charge on any atom is -0.326 e. The topological polar surface area (TPSA) is 26.0 Å². The van der Waals surface area contributed by atoms with Crippen LogP contribution >= 0.6 is 12.4 Å². The van der Waals surface area contributed by atoms with Gasteiger partial charge in [0.1, 0.15) is 0 Å². The first kappa shape index (κ1) is 20.0. The molecule has 0 atom stereocenters. The quantitative estimate of drug-likeness (QED) is 0.500. The maximum atomic E-state index is 6.02. The summed E-state index contributed by atoms with van der Waals surface area (Å²) in [5, 5.41) is 2.64. The molecule has 0 heterocycles. The fraction of sp³-hybridized carbons (Fsp3) is 0.524. The van der Waals surface area contributed by atoms with Crippen LogP contribution in [0, 0.1) is 0 Å². The molecule has 23 heavy (non-hydrogen) atoms. The third-order valence-electron chi connectivity index (χ3n) is 4.64. The Morgan fingerprint density at radius 2 is 1.43 bits per heavy atom. The van der Waals surface area contributed by atoms with E-state index in [1.54, 1.807) is 0 Å². The summed E-state index contributed by atoms with van der Waals surface area (Å²) in [6, 6.07) is 13.1. The number of unbranched alkanes of at least 4 members (excludes halogenated alkanes) is 7. The Morgan fingerprint density at radius 3 is 2.13 bits per heavy atom. The van der Waals surface area contributed by atoms with Gasteiger partial charge in [0.2, 0.25) is 0 Å². The van der Waals surface area contributed by atoms with Crippen molar-refractivity contribution in [3.8, 4) is 0 Å². The van der Waals surface area contributed by atoms with Gasteiger partial charge in [-0.1, -0.05) is 88.3 Å². The average Bonchev–Trinajstić information content (AvgIpc) is 2.56. The van der Waals surface area contributed by atoms with Crippen LogP contribution in [-0.4, -0.2) is 0 Å². The minimum absolute atomic E-state index is 0. The summed E-state index contributed by atoms with van der Waals surface area (Å²) in [7, 11) is 0. The number of hydrogen-bond donors (Lipinski definition) is 1. The molecule has 1 nitrogen and oxygen atoms in total. The van der Waals surface area contributed by atoms with Crippen molar-refractivity contribution >= 4 is 23.2 Å². The van der Waals surface area contributed by atoms with Crippen LogP contribution in [0.15, 0.2) is 36.4 Å². The van der Waals surface area contributed by atoms with Gasteiger partial charge in [-0.05, 0) is 34.7 Å². The van der Waals surface area contributed by atoms with Gasteiger partial charge in [-0.15, -0.1) is 12.4 Å². The first-order valence-electron chi connectivity index (χ1n) is 9.06. The van der Waals surface area contributed by atoms with E-state index in [2.05, 4.69) is 43.3 Å². The van der Waals surface area contributed by atoms with E-state index in [0.29, 0.717) is 6.54 Å².